The maximum absolute atomic E-state index is 11.5. The number of carbonyl (C=O) groups is 1. The maximum atomic E-state index is 11.5. The van der Waals surface area contributed by atoms with E-state index in [1.165, 1.54) is 11.8 Å². The largest absolute Gasteiger partial charge is 0.415 e. The number of nitrogens with zero attached hydrogens (tertiary/aromatic N) is 2. The van der Waals surface area contributed by atoms with E-state index >= 15 is 0 Å². The molecule has 1 unspecified atom stereocenters. The molecule has 0 aromatic carbocycles. The molecule has 1 rings (SSSR count). The average molecular weight is 258 g/mol. The Morgan fingerprint density at radius 1 is 1.59 bits per heavy atom. The molecule has 0 saturated heterocycles. The second kappa shape index (κ2) is 7.29. The Balaban J connectivity index is 2.27. The molecule has 0 radical (unpaired) electrons. The van der Waals surface area contributed by atoms with Crippen LogP contribution in [-0.4, -0.2) is 27.9 Å². The van der Waals surface area contributed by atoms with Crippen molar-refractivity contribution < 1.29 is 9.21 Å². The van der Waals surface area contributed by atoms with Crippen LogP contribution in [0.15, 0.2) is 9.64 Å². The summed E-state index contributed by atoms with van der Waals surface area (Å²) in [7, 11) is 0. The first-order valence-electron chi connectivity index (χ1n) is 5.60. The number of amides is 1. The van der Waals surface area contributed by atoms with E-state index in [9.17, 15) is 4.79 Å². The van der Waals surface area contributed by atoms with Gasteiger partial charge in [0.05, 0.1) is 12.3 Å². The van der Waals surface area contributed by atoms with Crippen LogP contribution >= 0.6 is 11.8 Å². The van der Waals surface area contributed by atoms with E-state index in [-0.39, 0.29) is 24.2 Å². The normalized spacial score (nSPS) is 12.4. The number of nitrogens with two attached hydrogens (primary N) is 1. The molecule has 0 aliphatic heterocycles. The van der Waals surface area contributed by atoms with E-state index in [0.717, 1.165) is 12.8 Å². The first-order valence-corrected chi connectivity index (χ1v) is 6.58. The fraction of sp³-hybridized carbons (Fsp3) is 0.700. The van der Waals surface area contributed by atoms with Gasteiger partial charge in [0.2, 0.25) is 11.8 Å². The van der Waals surface area contributed by atoms with E-state index in [0.29, 0.717) is 11.1 Å². The maximum Gasteiger partial charge on any atom is 0.277 e. The highest BCUT2D eigenvalue weighted by Gasteiger charge is 2.10. The van der Waals surface area contributed by atoms with Gasteiger partial charge in [0.25, 0.3) is 5.22 Å². The van der Waals surface area contributed by atoms with Gasteiger partial charge in [0.1, 0.15) is 0 Å². The highest BCUT2D eigenvalue weighted by Crippen LogP contribution is 2.15. The number of rotatable bonds is 7. The summed E-state index contributed by atoms with van der Waals surface area (Å²) in [5, 5.41) is 10.7. The van der Waals surface area contributed by atoms with Gasteiger partial charge in [0, 0.05) is 6.04 Å². The van der Waals surface area contributed by atoms with Crippen molar-refractivity contribution in [3.63, 3.8) is 0 Å². The number of hydrogen-bond acceptors (Lipinski definition) is 6. The van der Waals surface area contributed by atoms with Crippen LogP contribution in [0.3, 0.4) is 0 Å². The van der Waals surface area contributed by atoms with Gasteiger partial charge in [-0.1, -0.05) is 25.1 Å². The zero-order valence-electron chi connectivity index (χ0n) is 10.1. The van der Waals surface area contributed by atoms with Crippen molar-refractivity contribution in [3.05, 3.63) is 5.89 Å². The van der Waals surface area contributed by atoms with E-state index < -0.39 is 0 Å². The van der Waals surface area contributed by atoms with Gasteiger partial charge >= 0.3 is 0 Å². The lowest BCUT2D eigenvalue weighted by molar-refractivity contribution is -0.119. The van der Waals surface area contributed by atoms with E-state index in [1.54, 1.807) is 0 Å². The number of aromatic nitrogens is 2. The van der Waals surface area contributed by atoms with Crippen molar-refractivity contribution in [1.29, 1.82) is 0 Å². The fourth-order valence-electron chi connectivity index (χ4n) is 1.33. The first-order chi connectivity index (χ1) is 8.15. The summed E-state index contributed by atoms with van der Waals surface area (Å²) in [5.41, 5.74) is 5.33. The van der Waals surface area contributed by atoms with Crippen molar-refractivity contribution in [3.8, 4) is 0 Å². The third-order valence-corrected chi connectivity index (χ3v) is 2.90. The van der Waals surface area contributed by atoms with Crippen LogP contribution in [0.25, 0.3) is 0 Å². The predicted octanol–water partition coefficient (Wildman–Crippen LogP) is 0.925. The molecule has 0 spiro atoms. The number of hydrogen-bond donors (Lipinski definition) is 2. The molecular weight excluding hydrogens is 240 g/mol. The minimum Gasteiger partial charge on any atom is -0.415 e. The average Bonchev–Trinajstić information content (AvgIpc) is 2.74. The smallest absolute Gasteiger partial charge is 0.277 e. The minimum absolute atomic E-state index is 0.0246. The molecule has 0 fully saturated rings. The molecular formula is C10H18N4O2S. The van der Waals surface area contributed by atoms with Crippen LogP contribution in [0.5, 0.6) is 0 Å². The SMILES string of the molecule is CCCC(C)NC(=O)CSc1nnc(CN)o1. The summed E-state index contributed by atoms with van der Waals surface area (Å²) in [6, 6.07) is 0.204. The molecule has 1 amide bonds. The molecule has 0 bridgehead atoms. The summed E-state index contributed by atoms with van der Waals surface area (Å²) in [6.07, 6.45) is 2.03. The van der Waals surface area contributed by atoms with Crippen LogP contribution in [0.2, 0.25) is 0 Å². The zero-order valence-corrected chi connectivity index (χ0v) is 10.9. The highest BCUT2D eigenvalue weighted by atomic mass is 32.2. The lowest BCUT2D eigenvalue weighted by atomic mass is 10.2. The number of thioether (sulfide) groups is 1. The summed E-state index contributed by atoms with van der Waals surface area (Å²) >= 11 is 1.22. The lowest BCUT2D eigenvalue weighted by Crippen LogP contribution is -2.33. The molecule has 3 N–H and O–H groups in total. The molecule has 0 aliphatic carbocycles. The molecule has 0 aliphatic rings. The van der Waals surface area contributed by atoms with Crippen molar-refractivity contribution >= 4 is 17.7 Å². The third kappa shape index (κ3) is 5.18. The monoisotopic (exact) mass is 258 g/mol. The van der Waals surface area contributed by atoms with Gasteiger partial charge in [0.15, 0.2) is 0 Å². The van der Waals surface area contributed by atoms with Crippen LogP contribution in [-0.2, 0) is 11.3 Å². The van der Waals surface area contributed by atoms with Crippen LogP contribution in [0.1, 0.15) is 32.6 Å². The Bertz CT molecular complexity index is 356. The second-order valence-electron chi connectivity index (χ2n) is 3.71. The number of carbonyl (C=O) groups excluding carboxylic acids is 1. The molecule has 6 nitrogen and oxygen atoms in total. The van der Waals surface area contributed by atoms with E-state index in [2.05, 4.69) is 22.4 Å². The van der Waals surface area contributed by atoms with Crippen LogP contribution in [0, 0.1) is 0 Å². The standard InChI is InChI=1S/C10H18N4O2S/c1-3-4-7(2)12-8(15)6-17-10-14-13-9(5-11)16-10/h7H,3-6,11H2,1-2H3,(H,12,15). The number of nitrogens with one attached hydrogen (secondary N) is 1. The predicted molar refractivity (Wildman–Crippen MR) is 65.4 cm³/mol. The lowest BCUT2D eigenvalue weighted by Gasteiger charge is -2.11. The first kappa shape index (κ1) is 14.0. The summed E-state index contributed by atoms with van der Waals surface area (Å²) < 4.78 is 5.17. The molecule has 0 saturated carbocycles. The van der Waals surface area contributed by atoms with Gasteiger partial charge in [-0.3, -0.25) is 4.79 Å². The van der Waals surface area contributed by atoms with Crippen molar-refractivity contribution in [1.82, 2.24) is 15.5 Å². The molecule has 17 heavy (non-hydrogen) atoms. The Labute approximate surface area is 105 Å². The Morgan fingerprint density at radius 2 is 2.35 bits per heavy atom. The van der Waals surface area contributed by atoms with Gasteiger partial charge in [-0.15, -0.1) is 10.2 Å². The molecule has 1 aromatic heterocycles. The van der Waals surface area contributed by atoms with Crippen LogP contribution in [0.4, 0.5) is 0 Å². The molecule has 1 aromatic rings. The van der Waals surface area contributed by atoms with Crippen LogP contribution < -0.4 is 11.1 Å². The van der Waals surface area contributed by atoms with Crippen molar-refractivity contribution in [2.24, 2.45) is 5.73 Å². The quantitative estimate of drug-likeness (QED) is 0.706. The molecule has 7 heteroatoms. The van der Waals surface area contributed by atoms with Gasteiger partial charge < -0.3 is 15.5 Å². The van der Waals surface area contributed by atoms with Gasteiger partial charge in [-0.05, 0) is 13.3 Å². The van der Waals surface area contributed by atoms with E-state index in [4.69, 9.17) is 10.2 Å². The Kier molecular flexibility index (Phi) is 5.99. The Morgan fingerprint density at radius 3 is 2.94 bits per heavy atom. The van der Waals surface area contributed by atoms with Gasteiger partial charge in [-0.2, -0.15) is 0 Å². The topological polar surface area (TPSA) is 94.0 Å². The molecule has 96 valence electrons. The van der Waals surface area contributed by atoms with Crippen molar-refractivity contribution in [2.45, 2.75) is 44.5 Å². The summed E-state index contributed by atoms with van der Waals surface area (Å²) in [4.78, 5) is 11.5. The Hall–Kier alpha value is -1.08. The summed E-state index contributed by atoms with van der Waals surface area (Å²) in [5.74, 6) is 0.635. The zero-order chi connectivity index (χ0) is 12.7. The fourth-order valence-corrected chi connectivity index (χ4v) is 1.92. The summed E-state index contributed by atoms with van der Waals surface area (Å²) in [6.45, 7) is 4.29. The van der Waals surface area contributed by atoms with Gasteiger partial charge in [-0.25, -0.2) is 0 Å². The molecule has 1 heterocycles. The van der Waals surface area contributed by atoms with E-state index in [1.807, 2.05) is 6.92 Å². The highest BCUT2D eigenvalue weighted by molar-refractivity contribution is 7.99. The molecule has 1 atom stereocenters. The van der Waals surface area contributed by atoms with Crippen molar-refractivity contribution in [2.75, 3.05) is 5.75 Å². The second-order valence-corrected chi connectivity index (χ2v) is 4.64. The minimum atomic E-state index is -0.0246. The third-order valence-electron chi connectivity index (χ3n) is 2.08.